The van der Waals surface area contributed by atoms with Gasteiger partial charge in [-0.15, -0.1) is 0 Å². The summed E-state index contributed by atoms with van der Waals surface area (Å²) >= 11 is 3.50. The van der Waals surface area contributed by atoms with Crippen LogP contribution in [0.4, 0.5) is 0 Å². The quantitative estimate of drug-likeness (QED) is 0.438. The van der Waals surface area contributed by atoms with E-state index in [4.69, 9.17) is 9.15 Å². The molecule has 0 aliphatic carbocycles. The van der Waals surface area contributed by atoms with Gasteiger partial charge in [0.25, 0.3) is 0 Å². The van der Waals surface area contributed by atoms with Crippen molar-refractivity contribution in [2.24, 2.45) is 0 Å². The van der Waals surface area contributed by atoms with E-state index in [2.05, 4.69) is 22.0 Å². The minimum Gasteiger partial charge on any atom is -0.452 e. The van der Waals surface area contributed by atoms with Gasteiger partial charge in [0.15, 0.2) is 11.3 Å². The number of furan rings is 1. The summed E-state index contributed by atoms with van der Waals surface area (Å²) < 4.78 is 12.9. The van der Waals surface area contributed by atoms with Crippen molar-refractivity contribution in [1.29, 1.82) is 0 Å². The molecule has 3 aromatic carbocycles. The van der Waals surface area contributed by atoms with Gasteiger partial charge in [0.05, 0.1) is 4.47 Å². The highest BCUT2D eigenvalue weighted by Crippen LogP contribution is 2.38. The summed E-state index contributed by atoms with van der Waals surface area (Å²) in [6.45, 7) is 0. The van der Waals surface area contributed by atoms with Gasteiger partial charge in [-0.1, -0.05) is 42.5 Å². The Morgan fingerprint density at radius 1 is 0.714 bits per heavy atom. The lowest BCUT2D eigenvalue weighted by Gasteiger charge is -2.07. The predicted octanol–water partition coefficient (Wildman–Crippen LogP) is 6.14. The molecule has 0 amide bonds. The lowest BCUT2D eigenvalue weighted by atomic mass is 10.1. The molecule has 1 heterocycles. The van der Waals surface area contributed by atoms with Crippen molar-refractivity contribution in [2.45, 2.75) is 0 Å². The standard InChI is InChI=1S/C18H11BrO2/c19-14-8-2-4-10-16(14)20-17-11-5-7-13-12-6-1-3-9-15(12)21-18(13)17/h1-11H. The van der Waals surface area contributed by atoms with Crippen molar-refractivity contribution >= 4 is 37.9 Å². The molecule has 0 unspecified atom stereocenters. The molecule has 0 aliphatic heterocycles. The van der Waals surface area contributed by atoms with Crippen LogP contribution in [0.5, 0.6) is 11.5 Å². The Morgan fingerprint density at radius 3 is 2.33 bits per heavy atom. The second-order valence-corrected chi connectivity index (χ2v) is 5.62. The molecular formula is C18H11BrO2. The Bertz CT molecular complexity index is 940. The third kappa shape index (κ3) is 2.10. The third-order valence-corrected chi connectivity index (χ3v) is 4.08. The SMILES string of the molecule is Brc1ccccc1Oc1cccc2c1oc1ccccc12. The first-order chi connectivity index (χ1) is 10.3. The minimum atomic E-state index is 0.718. The zero-order chi connectivity index (χ0) is 14.2. The van der Waals surface area contributed by atoms with E-state index in [9.17, 15) is 0 Å². The summed E-state index contributed by atoms with van der Waals surface area (Å²) in [4.78, 5) is 0. The molecule has 0 saturated carbocycles. The molecule has 0 bridgehead atoms. The molecule has 0 radical (unpaired) electrons. The highest BCUT2D eigenvalue weighted by molar-refractivity contribution is 9.10. The molecule has 102 valence electrons. The van der Waals surface area contributed by atoms with Gasteiger partial charge >= 0.3 is 0 Å². The summed E-state index contributed by atoms with van der Waals surface area (Å²) in [5.74, 6) is 1.49. The fourth-order valence-electron chi connectivity index (χ4n) is 2.45. The number of para-hydroxylation sites is 3. The van der Waals surface area contributed by atoms with Crippen molar-refractivity contribution in [3.05, 3.63) is 71.2 Å². The molecular weight excluding hydrogens is 328 g/mol. The van der Waals surface area contributed by atoms with Crippen LogP contribution >= 0.6 is 15.9 Å². The smallest absolute Gasteiger partial charge is 0.177 e. The van der Waals surface area contributed by atoms with Gasteiger partial charge in [-0.2, -0.15) is 0 Å². The maximum Gasteiger partial charge on any atom is 0.177 e. The summed E-state index contributed by atoms with van der Waals surface area (Å²) in [5.41, 5.74) is 1.64. The molecule has 3 heteroatoms. The Balaban J connectivity index is 1.91. The second kappa shape index (κ2) is 4.93. The first-order valence-electron chi connectivity index (χ1n) is 6.65. The number of rotatable bonds is 2. The predicted molar refractivity (Wildman–Crippen MR) is 87.9 cm³/mol. The van der Waals surface area contributed by atoms with Crippen molar-refractivity contribution in [3.8, 4) is 11.5 Å². The van der Waals surface area contributed by atoms with Gasteiger partial charge in [-0.25, -0.2) is 0 Å². The van der Waals surface area contributed by atoms with Gasteiger partial charge < -0.3 is 9.15 Å². The summed E-state index contributed by atoms with van der Waals surface area (Å²) in [6, 6.07) is 21.7. The molecule has 4 rings (SSSR count). The van der Waals surface area contributed by atoms with Crippen molar-refractivity contribution < 1.29 is 9.15 Å². The molecule has 0 aliphatic rings. The first-order valence-corrected chi connectivity index (χ1v) is 7.45. The molecule has 0 N–H and O–H groups in total. The van der Waals surface area contributed by atoms with Gasteiger partial charge in [-0.05, 0) is 40.2 Å². The number of ether oxygens (including phenoxy) is 1. The molecule has 1 aromatic heterocycles. The average molecular weight is 339 g/mol. The maximum absolute atomic E-state index is 6.01. The molecule has 0 saturated heterocycles. The zero-order valence-corrected chi connectivity index (χ0v) is 12.6. The van der Waals surface area contributed by atoms with Crippen LogP contribution in [-0.2, 0) is 0 Å². The van der Waals surface area contributed by atoms with Gasteiger partial charge in [0.2, 0.25) is 0 Å². The fourth-order valence-corrected chi connectivity index (χ4v) is 2.81. The highest BCUT2D eigenvalue weighted by atomic mass is 79.9. The highest BCUT2D eigenvalue weighted by Gasteiger charge is 2.12. The summed E-state index contributed by atoms with van der Waals surface area (Å²) in [7, 11) is 0. The molecule has 0 spiro atoms. The van der Waals surface area contributed by atoms with E-state index in [1.807, 2.05) is 60.7 Å². The third-order valence-electron chi connectivity index (χ3n) is 3.42. The van der Waals surface area contributed by atoms with E-state index in [-0.39, 0.29) is 0 Å². The van der Waals surface area contributed by atoms with E-state index < -0.39 is 0 Å². The van der Waals surface area contributed by atoms with Crippen LogP contribution in [0.1, 0.15) is 0 Å². The van der Waals surface area contributed by atoms with E-state index in [0.717, 1.165) is 37.9 Å². The van der Waals surface area contributed by atoms with E-state index in [1.54, 1.807) is 0 Å². The van der Waals surface area contributed by atoms with Crippen LogP contribution in [0.15, 0.2) is 75.6 Å². The van der Waals surface area contributed by atoms with E-state index in [1.165, 1.54) is 0 Å². The van der Waals surface area contributed by atoms with Gasteiger partial charge in [-0.3, -0.25) is 0 Å². The van der Waals surface area contributed by atoms with Crippen LogP contribution in [0.3, 0.4) is 0 Å². The lowest BCUT2D eigenvalue weighted by Crippen LogP contribution is -1.85. The summed E-state index contributed by atoms with van der Waals surface area (Å²) in [5, 5.41) is 2.17. The minimum absolute atomic E-state index is 0.718. The largest absolute Gasteiger partial charge is 0.452 e. The van der Waals surface area contributed by atoms with E-state index >= 15 is 0 Å². The Hall–Kier alpha value is -2.26. The number of benzene rings is 3. The number of hydrogen-bond acceptors (Lipinski definition) is 2. The van der Waals surface area contributed by atoms with E-state index in [0.29, 0.717) is 0 Å². The zero-order valence-electron chi connectivity index (χ0n) is 11.0. The molecule has 0 atom stereocenters. The Morgan fingerprint density at radius 2 is 1.43 bits per heavy atom. The van der Waals surface area contributed by atoms with Crippen molar-refractivity contribution in [1.82, 2.24) is 0 Å². The topological polar surface area (TPSA) is 22.4 Å². The van der Waals surface area contributed by atoms with Crippen LogP contribution < -0.4 is 4.74 Å². The second-order valence-electron chi connectivity index (χ2n) is 4.76. The number of halogens is 1. The molecule has 0 fully saturated rings. The van der Waals surface area contributed by atoms with Gasteiger partial charge in [0, 0.05) is 10.8 Å². The van der Waals surface area contributed by atoms with Gasteiger partial charge in [0.1, 0.15) is 11.3 Å². The molecule has 2 nitrogen and oxygen atoms in total. The van der Waals surface area contributed by atoms with Crippen molar-refractivity contribution in [2.75, 3.05) is 0 Å². The number of hydrogen-bond donors (Lipinski definition) is 0. The Labute approximate surface area is 130 Å². The molecule has 4 aromatic rings. The van der Waals surface area contributed by atoms with Crippen LogP contribution in [0.25, 0.3) is 21.9 Å². The van der Waals surface area contributed by atoms with Crippen LogP contribution in [-0.4, -0.2) is 0 Å². The van der Waals surface area contributed by atoms with Crippen molar-refractivity contribution in [3.63, 3.8) is 0 Å². The Kier molecular flexibility index (Phi) is 2.93. The van der Waals surface area contributed by atoms with Crippen LogP contribution in [0.2, 0.25) is 0 Å². The fraction of sp³-hybridized carbons (Fsp3) is 0. The first kappa shape index (κ1) is 12.5. The normalized spacial score (nSPS) is 11.1. The summed E-state index contributed by atoms with van der Waals surface area (Å²) in [6.07, 6.45) is 0. The monoisotopic (exact) mass is 338 g/mol. The average Bonchev–Trinajstić information content (AvgIpc) is 2.89. The lowest BCUT2D eigenvalue weighted by molar-refractivity contribution is 0.473. The number of fused-ring (bicyclic) bond motifs is 3. The maximum atomic E-state index is 6.01. The molecule has 21 heavy (non-hydrogen) atoms. The van der Waals surface area contributed by atoms with Crippen LogP contribution in [0, 0.1) is 0 Å².